The molecule has 0 aliphatic carbocycles. The fourth-order valence-electron chi connectivity index (χ4n) is 4.97. The molecule has 3 fully saturated rings. The highest BCUT2D eigenvalue weighted by atomic mass is 16.5. The minimum absolute atomic E-state index is 0.0888. The van der Waals surface area contributed by atoms with E-state index in [1.165, 1.54) is 0 Å². The van der Waals surface area contributed by atoms with Crippen molar-refractivity contribution in [1.82, 2.24) is 30.6 Å². The van der Waals surface area contributed by atoms with Crippen LogP contribution in [0.5, 0.6) is 0 Å². The first-order valence-electron chi connectivity index (χ1n) is 11.5. The van der Waals surface area contributed by atoms with Gasteiger partial charge in [0, 0.05) is 58.0 Å². The molecule has 2 aromatic heterocycles. The Morgan fingerprint density at radius 3 is 2.64 bits per heavy atom. The zero-order valence-electron chi connectivity index (χ0n) is 19.0. The molecule has 5 rings (SSSR count). The number of piperazine rings is 1. The van der Waals surface area contributed by atoms with E-state index in [1.807, 2.05) is 4.90 Å². The van der Waals surface area contributed by atoms with Gasteiger partial charge < -0.3 is 24.8 Å². The maximum absolute atomic E-state index is 12.4. The van der Waals surface area contributed by atoms with Crippen molar-refractivity contribution in [2.45, 2.75) is 51.5 Å². The van der Waals surface area contributed by atoms with Crippen molar-refractivity contribution >= 4 is 23.3 Å². The largest absolute Gasteiger partial charge is 0.371 e. The van der Waals surface area contributed by atoms with Crippen molar-refractivity contribution in [3.8, 4) is 0 Å². The minimum Gasteiger partial charge on any atom is -0.371 e. The van der Waals surface area contributed by atoms with Crippen LogP contribution in [0.25, 0.3) is 0 Å². The number of nitrogens with zero attached hydrogens (tertiary/aromatic N) is 6. The number of H-pyrrole nitrogens is 1. The average molecular weight is 455 g/mol. The topological polar surface area (TPSA) is 120 Å². The van der Waals surface area contributed by atoms with Crippen molar-refractivity contribution in [2.75, 3.05) is 42.5 Å². The summed E-state index contributed by atoms with van der Waals surface area (Å²) >= 11 is 0. The number of hydrogen-bond donors (Lipinski definition) is 2. The van der Waals surface area contributed by atoms with Gasteiger partial charge in [-0.25, -0.2) is 0 Å². The lowest BCUT2D eigenvalue weighted by molar-refractivity contribution is -0.129. The van der Waals surface area contributed by atoms with E-state index in [0.717, 1.165) is 37.4 Å². The van der Waals surface area contributed by atoms with Gasteiger partial charge in [-0.05, 0) is 25.8 Å². The van der Waals surface area contributed by atoms with Gasteiger partial charge in [-0.2, -0.15) is 5.10 Å². The monoisotopic (exact) mass is 454 g/mol. The van der Waals surface area contributed by atoms with Gasteiger partial charge in [0.1, 0.15) is 11.4 Å². The highest BCUT2D eigenvalue weighted by molar-refractivity contribution is 5.92. The number of carbonyl (C=O) groups excluding carboxylic acids is 2. The second-order valence-corrected chi connectivity index (χ2v) is 9.06. The summed E-state index contributed by atoms with van der Waals surface area (Å²) in [5.74, 6) is 0.671. The summed E-state index contributed by atoms with van der Waals surface area (Å²) in [7, 11) is 0. The average Bonchev–Trinajstić information content (AvgIpc) is 3.47. The van der Waals surface area contributed by atoms with E-state index < -0.39 is 0 Å². The Labute approximate surface area is 192 Å². The summed E-state index contributed by atoms with van der Waals surface area (Å²) in [6.45, 7) is 7.58. The Morgan fingerprint density at radius 2 is 1.97 bits per heavy atom. The molecule has 176 valence electrons. The number of hydrogen-bond acceptors (Lipinski definition) is 8. The maximum Gasteiger partial charge on any atom is 0.269 e. The van der Waals surface area contributed by atoms with Crippen molar-refractivity contribution in [3.63, 3.8) is 0 Å². The lowest BCUT2D eigenvalue weighted by Crippen LogP contribution is -2.53. The summed E-state index contributed by atoms with van der Waals surface area (Å²) in [5.41, 5.74) is 2.04. The standard InChI is InChI=1S/C22H30N8O3/c1-14-11-28(15(2)31)7-8-30(14)20-9-21(29-12-16-3-4-17(13-29)33-16)27-26-19(20)10-23-22(32)18-5-6-24-25-18/h5-6,9,14,16-17H,3-4,7-8,10-13H2,1-2H3,(H,23,32)(H,24,25). The lowest BCUT2D eigenvalue weighted by atomic mass is 10.1. The smallest absolute Gasteiger partial charge is 0.269 e. The number of amides is 2. The number of carbonyl (C=O) groups is 2. The normalized spacial score (nSPS) is 24.8. The number of ether oxygens (including phenoxy) is 1. The molecular weight excluding hydrogens is 424 g/mol. The van der Waals surface area contributed by atoms with Gasteiger partial charge in [0.2, 0.25) is 5.91 Å². The van der Waals surface area contributed by atoms with Crippen molar-refractivity contribution < 1.29 is 14.3 Å². The Hall–Kier alpha value is -3.21. The van der Waals surface area contributed by atoms with Crippen LogP contribution in [0.2, 0.25) is 0 Å². The van der Waals surface area contributed by atoms with Crippen LogP contribution in [0, 0.1) is 0 Å². The summed E-state index contributed by atoms with van der Waals surface area (Å²) in [6, 6.07) is 3.82. The summed E-state index contributed by atoms with van der Waals surface area (Å²) < 4.78 is 5.98. The Morgan fingerprint density at radius 1 is 1.18 bits per heavy atom. The van der Waals surface area contributed by atoms with Gasteiger partial charge in [-0.3, -0.25) is 14.7 Å². The fraction of sp³-hybridized carbons (Fsp3) is 0.591. The highest BCUT2D eigenvalue weighted by Crippen LogP contribution is 2.32. The number of aromatic nitrogens is 4. The Kier molecular flexibility index (Phi) is 5.88. The molecule has 11 nitrogen and oxygen atoms in total. The minimum atomic E-state index is -0.247. The molecule has 33 heavy (non-hydrogen) atoms. The van der Waals surface area contributed by atoms with Crippen molar-refractivity contribution in [2.24, 2.45) is 0 Å². The van der Waals surface area contributed by atoms with Crippen LogP contribution in [0.15, 0.2) is 18.3 Å². The van der Waals surface area contributed by atoms with Crippen molar-refractivity contribution in [1.29, 1.82) is 0 Å². The molecule has 5 heterocycles. The molecule has 3 aliphatic rings. The van der Waals surface area contributed by atoms with E-state index in [-0.39, 0.29) is 36.6 Å². The predicted octanol–water partition coefficient (Wildman–Crippen LogP) is 0.554. The predicted molar refractivity (Wildman–Crippen MR) is 121 cm³/mol. The van der Waals surface area contributed by atoms with Crippen LogP contribution in [-0.4, -0.2) is 88.1 Å². The number of nitrogens with one attached hydrogen (secondary N) is 2. The molecule has 3 aliphatic heterocycles. The molecule has 3 unspecified atom stereocenters. The van der Waals surface area contributed by atoms with Gasteiger partial charge in [-0.15, -0.1) is 10.2 Å². The maximum atomic E-state index is 12.4. The van der Waals surface area contributed by atoms with Crippen molar-refractivity contribution in [3.05, 3.63) is 29.7 Å². The number of fused-ring (bicyclic) bond motifs is 2. The zero-order valence-corrected chi connectivity index (χ0v) is 19.0. The SMILES string of the molecule is CC(=O)N1CCN(c2cc(N3CC4CCC(C3)O4)nnc2CNC(=O)c2ccn[nH]2)C(C)C1. The van der Waals surface area contributed by atoms with E-state index in [4.69, 9.17) is 4.74 Å². The number of anilines is 2. The fourth-order valence-corrected chi connectivity index (χ4v) is 4.97. The molecule has 0 spiro atoms. The first-order chi connectivity index (χ1) is 16.0. The molecule has 0 aromatic carbocycles. The summed E-state index contributed by atoms with van der Waals surface area (Å²) in [4.78, 5) is 30.7. The van der Waals surface area contributed by atoms with Crippen LogP contribution in [0.1, 0.15) is 42.9 Å². The molecule has 2 amide bonds. The van der Waals surface area contributed by atoms with E-state index in [0.29, 0.717) is 31.0 Å². The molecular formula is C22H30N8O3. The highest BCUT2D eigenvalue weighted by Gasteiger charge is 2.35. The van der Waals surface area contributed by atoms with Crippen LogP contribution in [0.3, 0.4) is 0 Å². The summed E-state index contributed by atoms with van der Waals surface area (Å²) in [6.07, 6.45) is 4.22. The first-order valence-corrected chi connectivity index (χ1v) is 11.5. The Balaban J connectivity index is 1.40. The van der Waals surface area contributed by atoms with E-state index in [9.17, 15) is 9.59 Å². The molecule has 2 bridgehead atoms. The molecule has 0 saturated carbocycles. The second kappa shape index (κ2) is 8.97. The van der Waals surface area contributed by atoms with Crippen LogP contribution < -0.4 is 15.1 Å². The molecule has 3 atom stereocenters. The molecule has 2 aromatic rings. The molecule has 0 radical (unpaired) electrons. The molecule has 11 heteroatoms. The zero-order chi connectivity index (χ0) is 22.9. The van der Waals surface area contributed by atoms with E-state index in [1.54, 1.807) is 19.2 Å². The number of rotatable bonds is 5. The molecule has 3 saturated heterocycles. The quantitative estimate of drug-likeness (QED) is 0.672. The third-order valence-electron chi connectivity index (χ3n) is 6.75. The van der Waals surface area contributed by atoms with E-state index >= 15 is 0 Å². The number of aromatic amines is 1. The van der Waals surface area contributed by atoms with Gasteiger partial charge in [0.25, 0.3) is 5.91 Å². The van der Waals surface area contributed by atoms with Gasteiger partial charge in [0.15, 0.2) is 5.82 Å². The summed E-state index contributed by atoms with van der Waals surface area (Å²) in [5, 5.41) is 18.5. The Bertz CT molecular complexity index is 1000. The van der Waals surface area contributed by atoms with Gasteiger partial charge >= 0.3 is 0 Å². The van der Waals surface area contributed by atoms with E-state index in [2.05, 4.69) is 48.5 Å². The number of morpholine rings is 1. The van der Waals surface area contributed by atoms with Crippen LogP contribution >= 0.6 is 0 Å². The lowest BCUT2D eigenvalue weighted by Gasteiger charge is -2.42. The molecule has 2 N–H and O–H groups in total. The third kappa shape index (κ3) is 4.50. The first kappa shape index (κ1) is 21.6. The second-order valence-electron chi connectivity index (χ2n) is 9.06. The van der Waals surface area contributed by atoms with Gasteiger partial charge in [-0.1, -0.05) is 0 Å². The third-order valence-corrected chi connectivity index (χ3v) is 6.75. The van der Waals surface area contributed by atoms with Crippen LogP contribution in [-0.2, 0) is 16.1 Å². The van der Waals surface area contributed by atoms with Crippen LogP contribution in [0.4, 0.5) is 11.5 Å². The van der Waals surface area contributed by atoms with Gasteiger partial charge in [0.05, 0.1) is 24.4 Å².